The molecule has 3 N–H and O–H groups in total. The highest BCUT2D eigenvalue weighted by molar-refractivity contribution is 7.18. The molecule has 2 fully saturated rings. The maximum absolute atomic E-state index is 12.5. The molecule has 0 radical (unpaired) electrons. The first kappa shape index (κ1) is 13.7. The van der Waals surface area contributed by atoms with E-state index in [1.807, 2.05) is 4.90 Å². The summed E-state index contributed by atoms with van der Waals surface area (Å²) >= 11 is 1.39. The number of thiazole rings is 1. The molecule has 0 spiro atoms. The van der Waals surface area contributed by atoms with E-state index in [4.69, 9.17) is 5.73 Å². The van der Waals surface area contributed by atoms with Crippen LogP contribution in [0.5, 0.6) is 0 Å². The lowest BCUT2D eigenvalue weighted by molar-refractivity contribution is 0.0784. The van der Waals surface area contributed by atoms with Crippen LogP contribution in [-0.4, -0.2) is 34.9 Å². The molecule has 1 amide bonds. The van der Waals surface area contributed by atoms with Gasteiger partial charge in [0.05, 0.1) is 0 Å². The van der Waals surface area contributed by atoms with E-state index in [1.54, 1.807) is 0 Å². The van der Waals surface area contributed by atoms with Gasteiger partial charge in [-0.1, -0.05) is 25.2 Å². The SMILES string of the molecule is CC1(C)CCN(C(=O)c2sc(NC3CCC3)nc2N)C1. The second kappa shape index (κ2) is 4.91. The Morgan fingerprint density at radius 3 is 2.80 bits per heavy atom. The molecular formula is C14H22N4OS. The first-order valence-electron chi connectivity index (χ1n) is 7.27. The van der Waals surface area contributed by atoms with E-state index in [-0.39, 0.29) is 11.3 Å². The van der Waals surface area contributed by atoms with Crippen molar-refractivity contribution < 1.29 is 4.79 Å². The summed E-state index contributed by atoms with van der Waals surface area (Å²) in [6.07, 6.45) is 4.68. The van der Waals surface area contributed by atoms with Gasteiger partial charge in [-0.2, -0.15) is 0 Å². The van der Waals surface area contributed by atoms with Gasteiger partial charge >= 0.3 is 0 Å². The van der Waals surface area contributed by atoms with Crippen molar-refractivity contribution in [2.45, 2.75) is 45.6 Å². The second-order valence-electron chi connectivity index (χ2n) is 6.65. The Morgan fingerprint density at radius 2 is 2.25 bits per heavy atom. The Labute approximate surface area is 123 Å². The van der Waals surface area contributed by atoms with E-state index >= 15 is 0 Å². The Morgan fingerprint density at radius 1 is 1.50 bits per heavy atom. The van der Waals surface area contributed by atoms with E-state index in [9.17, 15) is 4.79 Å². The standard InChI is InChI=1S/C14H22N4OS/c1-14(2)6-7-18(8-14)12(19)10-11(15)17-13(20-10)16-9-4-3-5-9/h9H,3-8,15H2,1-2H3,(H,16,17). The second-order valence-corrected chi connectivity index (χ2v) is 7.65. The fourth-order valence-corrected chi connectivity index (χ4v) is 3.63. The average molecular weight is 294 g/mol. The zero-order valence-corrected chi connectivity index (χ0v) is 12.9. The van der Waals surface area contributed by atoms with Gasteiger partial charge in [-0.25, -0.2) is 4.98 Å². The molecule has 1 saturated carbocycles. The highest BCUT2D eigenvalue weighted by Gasteiger charge is 2.34. The number of anilines is 2. The number of aromatic nitrogens is 1. The molecule has 0 bridgehead atoms. The van der Waals surface area contributed by atoms with Crippen molar-refractivity contribution in [2.24, 2.45) is 5.41 Å². The van der Waals surface area contributed by atoms with E-state index in [2.05, 4.69) is 24.1 Å². The summed E-state index contributed by atoms with van der Waals surface area (Å²) in [7, 11) is 0. The third kappa shape index (κ3) is 2.61. The van der Waals surface area contributed by atoms with Gasteiger partial charge in [0.15, 0.2) is 5.13 Å². The molecule has 20 heavy (non-hydrogen) atoms. The zero-order valence-electron chi connectivity index (χ0n) is 12.1. The average Bonchev–Trinajstić information content (AvgIpc) is 2.86. The minimum Gasteiger partial charge on any atom is -0.382 e. The lowest BCUT2D eigenvalue weighted by Crippen LogP contribution is -2.30. The number of rotatable bonds is 3. The molecule has 5 nitrogen and oxygen atoms in total. The highest BCUT2D eigenvalue weighted by Crippen LogP contribution is 2.34. The zero-order chi connectivity index (χ0) is 14.3. The van der Waals surface area contributed by atoms with E-state index in [0.29, 0.717) is 16.7 Å². The summed E-state index contributed by atoms with van der Waals surface area (Å²) in [5, 5.41) is 4.14. The fourth-order valence-electron chi connectivity index (χ4n) is 2.70. The van der Waals surface area contributed by atoms with Crippen LogP contribution in [-0.2, 0) is 0 Å². The Kier molecular flexibility index (Phi) is 3.36. The van der Waals surface area contributed by atoms with Gasteiger partial charge in [-0.3, -0.25) is 4.79 Å². The van der Waals surface area contributed by atoms with Crippen LogP contribution < -0.4 is 11.1 Å². The van der Waals surface area contributed by atoms with Gasteiger partial charge in [0, 0.05) is 19.1 Å². The Hall–Kier alpha value is -1.30. The van der Waals surface area contributed by atoms with Crippen LogP contribution in [0.25, 0.3) is 0 Å². The van der Waals surface area contributed by atoms with Gasteiger partial charge < -0.3 is 16.0 Å². The largest absolute Gasteiger partial charge is 0.382 e. The van der Waals surface area contributed by atoms with Crippen molar-refractivity contribution in [1.82, 2.24) is 9.88 Å². The third-order valence-corrected chi connectivity index (χ3v) is 5.24. The smallest absolute Gasteiger partial charge is 0.267 e. The van der Waals surface area contributed by atoms with Crippen LogP contribution in [0.4, 0.5) is 10.9 Å². The normalized spacial score (nSPS) is 21.8. The van der Waals surface area contributed by atoms with Crippen LogP contribution in [0, 0.1) is 5.41 Å². The van der Waals surface area contributed by atoms with Crippen LogP contribution in [0.1, 0.15) is 49.2 Å². The number of nitrogen functional groups attached to an aromatic ring is 1. The summed E-state index contributed by atoms with van der Waals surface area (Å²) in [5.74, 6) is 0.402. The molecule has 0 unspecified atom stereocenters. The predicted octanol–water partition coefficient (Wildman–Crippen LogP) is 2.56. The molecule has 1 aliphatic carbocycles. The summed E-state index contributed by atoms with van der Waals surface area (Å²) in [6, 6.07) is 0.509. The molecule has 0 aromatic carbocycles. The quantitative estimate of drug-likeness (QED) is 0.898. The number of carbonyl (C=O) groups is 1. The molecule has 3 rings (SSSR count). The minimum atomic E-state index is 0.0345. The lowest BCUT2D eigenvalue weighted by Gasteiger charge is -2.25. The number of hydrogen-bond acceptors (Lipinski definition) is 5. The molecule has 6 heteroatoms. The molecule has 2 heterocycles. The minimum absolute atomic E-state index is 0.0345. The molecule has 2 aliphatic rings. The number of hydrogen-bond donors (Lipinski definition) is 2. The maximum atomic E-state index is 12.5. The van der Waals surface area contributed by atoms with Crippen LogP contribution in [0.15, 0.2) is 0 Å². The first-order valence-corrected chi connectivity index (χ1v) is 8.08. The molecule has 1 aromatic heterocycles. The van der Waals surface area contributed by atoms with Crippen molar-refractivity contribution in [3.05, 3.63) is 4.88 Å². The Balaban J connectivity index is 1.71. The van der Waals surface area contributed by atoms with Crippen molar-refractivity contribution >= 4 is 28.2 Å². The maximum Gasteiger partial charge on any atom is 0.267 e. The molecular weight excluding hydrogens is 272 g/mol. The van der Waals surface area contributed by atoms with Gasteiger partial charge in [0.1, 0.15) is 10.7 Å². The van der Waals surface area contributed by atoms with Crippen LogP contribution >= 0.6 is 11.3 Å². The molecule has 110 valence electrons. The van der Waals surface area contributed by atoms with Crippen LogP contribution in [0.2, 0.25) is 0 Å². The fraction of sp³-hybridized carbons (Fsp3) is 0.714. The molecule has 1 saturated heterocycles. The number of amides is 1. The molecule has 1 aromatic rings. The topological polar surface area (TPSA) is 71.2 Å². The van der Waals surface area contributed by atoms with Crippen molar-refractivity contribution in [3.8, 4) is 0 Å². The van der Waals surface area contributed by atoms with Gasteiger partial charge in [-0.15, -0.1) is 0 Å². The van der Waals surface area contributed by atoms with E-state index in [0.717, 1.165) is 24.6 Å². The molecule has 0 atom stereocenters. The predicted molar refractivity (Wildman–Crippen MR) is 82.1 cm³/mol. The Bertz CT molecular complexity index is 521. The van der Waals surface area contributed by atoms with Crippen molar-refractivity contribution in [2.75, 3.05) is 24.1 Å². The summed E-state index contributed by atoms with van der Waals surface area (Å²) in [4.78, 5) is 19.3. The third-order valence-electron chi connectivity index (χ3n) is 4.24. The number of nitrogens with one attached hydrogen (secondary N) is 1. The first-order chi connectivity index (χ1) is 9.44. The van der Waals surface area contributed by atoms with Gasteiger partial charge in [0.25, 0.3) is 5.91 Å². The van der Waals surface area contributed by atoms with E-state index in [1.165, 1.54) is 30.6 Å². The number of nitrogens with two attached hydrogens (primary N) is 1. The van der Waals surface area contributed by atoms with Gasteiger partial charge in [0.2, 0.25) is 0 Å². The lowest BCUT2D eigenvalue weighted by atomic mass is 9.93. The number of carbonyl (C=O) groups excluding carboxylic acids is 1. The van der Waals surface area contributed by atoms with E-state index < -0.39 is 0 Å². The molecule has 1 aliphatic heterocycles. The van der Waals surface area contributed by atoms with Gasteiger partial charge in [-0.05, 0) is 31.1 Å². The number of nitrogens with zero attached hydrogens (tertiary/aromatic N) is 2. The van der Waals surface area contributed by atoms with Crippen molar-refractivity contribution in [1.29, 1.82) is 0 Å². The summed E-state index contributed by atoms with van der Waals surface area (Å²) in [5.41, 5.74) is 6.13. The number of likely N-dealkylation sites (tertiary alicyclic amines) is 1. The van der Waals surface area contributed by atoms with Crippen LogP contribution in [0.3, 0.4) is 0 Å². The highest BCUT2D eigenvalue weighted by atomic mass is 32.1. The summed E-state index contributed by atoms with van der Waals surface area (Å²) < 4.78 is 0. The van der Waals surface area contributed by atoms with Crippen molar-refractivity contribution in [3.63, 3.8) is 0 Å². The monoisotopic (exact) mass is 294 g/mol. The summed E-state index contributed by atoms with van der Waals surface area (Å²) in [6.45, 7) is 6.00.